The number of fused-ring (bicyclic) bond motifs is 1. The summed E-state index contributed by atoms with van der Waals surface area (Å²) in [6, 6.07) is 2.05. The molecule has 0 amide bonds. The molecule has 1 unspecified atom stereocenters. The maximum atomic E-state index is 13.3. The highest BCUT2D eigenvalue weighted by atomic mass is 19.2. The lowest BCUT2D eigenvalue weighted by Gasteiger charge is -2.27. The number of hydrogen-bond acceptors (Lipinski definition) is 3. The summed E-state index contributed by atoms with van der Waals surface area (Å²) >= 11 is 0. The first kappa shape index (κ1) is 13.5. The zero-order valence-electron chi connectivity index (χ0n) is 10.5. The van der Waals surface area contributed by atoms with Crippen LogP contribution >= 0.6 is 0 Å². The third-order valence-corrected chi connectivity index (χ3v) is 3.01. The molecule has 0 saturated carbocycles. The van der Waals surface area contributed by atoms with E-state index >= 15 is 0 Å². The summed E-state index contributed by atoms with van der Waals surface area (Å²) in [6.45, 7) is 5.98. The normalized spacial score (nSPS) is 17.6. The van der Waals surface area contributed by atoms with Crippen LogP contribution in [0.2, 0.25) is 0 Å². The van der Waals surface area contributed by atoms with Gasteiger partial charge in [-0.3, -0.25) is 4.79 Å². The van der Waals surface area contributed by atoms with Crippen LogP contribution in [-0.4, -0.2) is 19.2 Å². The number of ether oxygens (including phenoxy) is 2. The molecule has 0 radical (unpaired) electrons. The zero-order chi connectivity index (χ0) is 14.0. The van der Waals surface area contributed by atoms with Gasteiger partial charge in [0.25, 0.3) is 0 Å². The Kier molecular flexibility index (Phi) is 3.83. The SMILES string of the molecule is C=C1COc2cc(F)c(F)cc2C1CC(=O)OCC. The fourth-order valence-electron chi connectivity index (χ4n) is 2.07. The average molecular weight is 268 g/mol. The van der Waals surface area contributed by atoms with E-state index in [0.717, 1.165) is 12.1 Å². The van der Waals surface area contributed by atoms with E-state index < -0.39 is 23.5 Å². The van der Waals surface area contributed by atoms with Crippen LogP contribution in [0.4, 0.5) is 8.78 Å². The molecule has 0 bridgehead atoms. The van der Waals surface area contributed by atoms with Crippen molar-refractivity contribution in [3.8, 4) is 5.75 Å². The van der Waals surface area contributed by atoms with Crippen LogP contribution in [-0.2, 0) is 9.53 Å². The lowest BCUT2D eigenvalue weighted by molar-refractivity contribution is -0.143. The Hall–Kier alpha value is -1.91. The Labute approximate surface area is 109 Å². The van der Waals surface area contributed by atoms with Crippen LogP contribution in [0.15, 0.2) is 24.3 Å². The molecule has 0 aliphatic carbocycles. The number of carbonyl (C=O) groups excluding carboxylic acids is 1. The fourth-order valence-corrected chi connectivity index (χ4v) is 2.07. The molecule has 102 valence electrons. The highest BCUT2D eigenvalue weighted by molar-refractivity contribution is 5.72. The van der Waals surface area contributed by atoms with E-state index in [0.29, 0.717) is 11.1 Å². The molecule has 0 saturated heterocycles. The Morgan fingerprint density at radius 2 is 2.16 bits per heavy atom. The minimum atomic E-state index is -0.971. The second-order valence-electron chi connectivity index (χ2n) is 4.31. The van der Waals surface area contributed by atoms with Crippen molar-refractivity contribution in [1.29, 1.82) is 0 Å². The minimum Gasteiger partial charge on any atom is -0.489 e. The summed E-state index contributed by atoms with van der Waals surface area (Å²) in [5.41, 5.74) is 1.08. The van der Waals surface area contributed by atoms with E-state index in [1.54, 1.807) is 6.92 Å². The van der Waals surface area contributed by atoms with Crippen molar-refractivity contribution in [2.75, 3.05) is 13.2 Å². The number of hydrogen-bond donors (Lipinski definition) is 0. The van der Waals surface area contributed by atoms with Gasteiger partial charge in [-0.2, -0.15) is 0 Å². The third kappa shape index (κ3) is 2.75. The molecular weight excluding hydrogens is 254 g/mol. The predicted molar refractivity (Wildman–Crippen MR) is 65.0 cm³/mol. The highest BCUT2D eigenvalue weighted by Gasteiger charge is 2.29. The van der Waals surface area contributed by atoms with Gasteiger partial charge in [0, 0.05) is 17.5 Å². The van der Waals surface area contributed by atoms with Crippen LogP contribution in [0.1, 0.15) is 24.8 Å². The molecule has 1 aliphatic rings. The van der Waals surface area contributed by atoms with E-state index in [1.807, 2.05) is 0 Å². The molecule has 0 fully saturated rings. The van der Waals surface area contributed by atoms with Gasteiger partial charge >= 0.3 is 5.97 Å². The molecule has 1 atom stereocenters. The highest BCUT2D eigenvalue weighted by Crippen LogP contribution is 2.39. The van der Waals surface area contributed by atoms with Crippen LogP contribution in [0, 0.1) is 11.6 Å². The van der Waals surface area contributed by atoms with Crippen molar-refractivity contribution in [3.63, 3.8) is 0 Å². The third-order valence-electron chi connectivity index (χ3n) is 3.01. The maximum Gasteiger partial charge on any atom is 0.306 e. The van der Waals surface area contributed by atoms with Gasteiger partial charge in [0.1, 0.15) is 12.4 Å². The van der Waals surface area contributed by atoms with Gasteiger partial charge in [0.05, 0.1) is 13.0 Å². The topological polar surface area (TPSA) is 35.5 Å². The first-order chi connectivity index (χ1) is 9.02. The largest absolute Gasteiger partial charge is 0.489 e. The van der Waals surface area contributed by atoms with Crippen LogP contribution in [0.25, 0.3) is 0 Å². The Balaban J connectivity index is 2.32. The minimum absolute atomic E-state index is 0.0497. The first-order valence-corrected chi connectivity index (χ1v) is 5.98. The van der Waals surface area contributed by atoms with Crippen molar-refractivity contribution < 1.29 is 23.0 Å². The molecule has 1 aromatic rings. The number of rotatable bonds is 3. The lowest BCUT2D eigenvalue weighted by Crippen LogP contribution is -2.21. The molecule has 5 heteroatoms. The van der Waals surface area contributed by atoms with Crippen LogP contribution < -0.4 is 4.74 Å². The van der Waals surface area contributed by atoms with Gasteiger partial charge in [-0.15, -0.1) is 0 Å². The van der Waals surface area contributed by atoms with Crippen molar-refractivity contribution >= 4 is 5.97 Å². The van der Waals surface area contributed by atoms with Crippen molar-refractivity contribution in [2.45, 2.75) is 19.3 Å². The molecule has 1 aliphatic heterocycles. The maximum absolute atomic E-state index is 13.3. The average Bonchev–Trinajstić information content (AvgIpc) is 2.36. The van der Waals surface area contributed by atoms with E-state index in [1.165, 1.54) is 0 Å². The van der Waals surface area contributed by atoms with Gasteiger partial charge in [0.15, 0.2) is 11.6 Å². The summed E-state index contributed by atoms with van der Waals surface area (Å²) in [5, 5.41) is 0. The molecule has 19 heavy (non-hydrogen) atoms. The van der Waals surface area contributed by atoms with Crippen LogP contribution in [0.3, 0.4) is 0 Å². The molecule has 0 spiro atoms. The van der Waals surface area contributed by atoms with Gasteiger partial charge in [-0.05, 0) is 18.6 Å². The molecule has 1 aromatic carbocycles. The van der Waals surface area contributed by atoms with Gasteiger partial charge < -0.3 is 9.47 Å². The summed E-state index contributed by atoms with van der Waals surface area (Å²) < 4.78 is 36.6. The van der Waals surface area contributed by atoms with Crippen molar-refractivity contribution in [3.05, 3.63) is 41.5 Å². The van der Waals surface area contributed by atoms with Crippen LogP contribution in [0.5, 0.6) is 5.75 Å². The zero-order valence-corrected chi connectivity index (χ0v) is 10.5. The van der Waals surface area contributed by atoms with Crippen molar-refractivity contribution in [2.24, 2.45) is 0 Å². The second-order valence-corrected chi connectivity index (χ2v) is 4.31. The quantitative estimate of drug-likeness (QED) is 0.624. The fraction of sp³-hybridized carbons (Fsp3) is 0.357. The summed E-state index contributed by atoms with van der Waals surface area (Å²) in [6.07, 6.45) is 0.0497. The van der Waals surface area contributed by atoms with Gasteiger partial charge in [0.2, 0.25) is 0 Å². The number of halogens is 2. The molecule has 0 N–H and O–H groups in total. The summed E-state index contributed by atoms with van der Waals surface area (Å²) in [4.78, 5) is 11.5. The van der Waals surface area contributed by atoms with Crippen molar-refractivity contribution in [1.82, 2.24) is 0 Å². The monoisotopic (exact) mass is 268 g/mol. The standard InChI is InChI=1S/C14H14F2O3/c1-3-18-14(17)5-9-8(2)7-19-13-6-12(16)11(15)4-10(9)13/h4,6,9H,2-3,5,7H2,1H3. The second kappa shape index (κ2) is 5.38. The molecule has 3 nitrogen and oxygen atoms in total. The van der Waals surface area contributed by atoms with Gasteiger partial charge in [-0.1, -0.05) is 6.58 Å². The summed E-state index contributed by atoms with van der Waals surface area (Å²) in [5.74, 6) is -2.49. The molecule has 0 aromatic heterocycles. The van der Waals surface area contributed by atoms with E-state index in [2.05, 4.69) is 6.58 Å². The first-order valence-electron chi connectivity index (χ1n) is 5.98. The summed E-state index contributed by atoms with van der Waals surface area (Å²) in [7, 11) is 0. The number of benzene rings is 1. The predicted octanol–water partition coefficient (Wildman–Crippen LogP) is 2.95. The van der Waals surface area contributed by atoms with E-state index in [-0.39, 0.29) is 25.4 Å². The molecule has 2 rings (SSSR count). The van der Waals surface area contributed by atoms with E-state index in [4.69, 9.17) is 9.47 Å². The molecular formula is C14H14F2O3. The van der Waals surface area contributed by atoms with Gasteiger partial charge in [-0.25, -0.2) is 8.78 Å². The number of carbonyl (C=O) groups is 1. The lowest BCUT2D eigenvalue weighted by atomic mass is 9.87. The van der Waals surface area contributed by atoms with E-state index in [9.17, 15) is 13.6 Å². The Bertz CT molecular complexity index is 526. The Morgan fingerprint density at radius 1 is 1.47 bits per heavy atom. The Morgan fingerprint density at radius 3 is 2.84 bits per heavy atom. The number of esters is 1. The smallest absolute Gasteiger partial charge is 0.306 e. The molecule has 1 heterocycles.